The van der Waals surface area contributed by atoms with E-state index >= 15 is 0 Å². The Hall–Kier alpha value is -2.37. The summed E-state index contributed by atoms with van der Waals surface area (Å²) in [5, 5.41) is 0. The van der Waals surface area contributed by atoms with Crippen LogP contribution in [-0.2, 0) is 4.79 Å². The Labute approximate surface area is 147 Å². The van der Waals surface area contributed by atoms with E-state index in [2.05, 4.69) is 23.8 Å². The standard InChI is InChI=1S/C19H24N4O2/c1-12(2)7-8-17(24)22-10-14-9-13(22)11-23(14)19(25)18-20-15-5-3-4-6-16(15)21-18/h3-6,12-14H,7-11H2,1-2H3,(H,20,21). The Morgan fingerprint density at radius 2 is 1.92 bits per heavy atom. The van der Waals surface area contributed by atoms with Gasteiger partial charge in [0.25, 0.3) is 5.91 Å². The molecule has 0 radical (unpaired) electrons. The Kier molecular flexibility index (Phi) is 3.98. The minimum absolute atomic E-state index is 0.0574. The molecule has 2 saturated heterocycles. The maximum atomic E-state index is 12.8. The zero-order valence-corrected chi connectivity index (χ0v) is 14.7. The summed E-state index contributed by atoms with van der Waals surface area (Å²) in [4.78, 5) is 36.6. The van der Waals surface area contributed by atoms with Crippen LogP contribution in [0.5, 0.6) is 0 Å². The predicted octanol–water partition coefficient (Wildman–Crippen LogP) is 2.42. The Balaban J connectivity index is 1.43. The summed E-state index contributed by atoms with van der Waals surface area (Å²) >= 11 is 0. The van der Waals surface area contributed by atoms with Crippen LogP contribution in [0, 0.1) is 5.92 Å². The van der Waals surface area contributed by atoms with Gasteiger partial charge in [-0.15, -0.1) is 0 Å². The second kappa shape index (κ2) is 6.17. The molecule has 2 aromatic rings. The average molecular weight is 340 g/mol. The molecule has 2 aliphatic rings. The number of aromatic nitrogens is 2. The van der Waals surface area contributed by atoms with Crippen molar-refractivity contribution < 1.29 is 9.59 Å². The third-order valence-corrected chi connectivity index (χ3v) is 5.35. The number of benzene rings is 1. The number of rotatable bonds is 4. The number of nitrogens with zero attached hydrogens (tertiary/aromatic N) is 3. The van der Waals surface area contributed by atoms with Crippen LogP contribution in [0.25, 0.3) is 11.0 Å². The van der Waals surface area contributed by atoms with Gasteiger partial charge in [-0.05, 0) is 30.9 Å². The molecule has 3 heterocycles. The maximum Gasteiger partial charge on any atom is 0.290 e. The van der Waals surface area contributed by atoms with E-state index in [1.807, 2.05) is 34.1 Å². The van der Waals surface area contributed by atoms with E-state index in [-0.39, 0.29) is 23.9 Å². The van der Waals surface area contributed by atoms with Crippen molar-refractivity contribution in [2.24, 2.45) is 5.92 Å². The maximum absolute atomic E-state index is 12.8. The van der Waals surface area contributed by atoms with Gasteiger partial charge >= 0.3 is 0 Å². The number of hydrogen-bond donors (Lipinski definition) is 1. The lowest BCUT2D eigenvalue weighted by Gasteiger charge is -2.34. The van der Waals surface area contributed by atoms with Gasteiger partial charge < -0.3 is 14.8 Å². The van der Waals surface area contributed by atoms with Crippen molar-refractivity contribution in [2.45, 2.75) is 45.2 Å². The van der Waals surface area contributed by atoms with Crippen molar-refractivity contribution >= 4 is 22.8 Å². The highest BCUT2D eigenvalue weighted by atomic mass is 16.2. The number of likely N-dealkylation sites (tertiary alicyclic amines) is 2. The molecule has 4 rings (SSSR count). The van der Waals surface area contributed by atoms with E-state index in [4.69, 9.17) is 0 Å². The van der Waals surface area contributed by atoms with Crippen molar-refractivity contribution in [3.8, 4) is 0 Å². The van der Waals surface area contributed by atoms with Gasteiger partial charge in [0.1, 0.15) is 0 Å². The summed E-state index contributed by atoms with van der Waals surface area (Å²) in [5.41, 5.74) is 1.68. The van der Waals surface area contributed by atoms with Crippen LogP contribution in [-0.4, -0.2) is 56.8 Å². The van der Waals surface area contributed by atoms with E-state index < -0.39 is 0 Å². The largest absolute Gasteiger partial charge is 0.336 e. The number of amides is 2. The molecule has 0 aliphatic carbocycles. The molecule has 132 valence electrons. The minimum atomic E-state index is -0.0574. The molecule has 6 nitrogen and oxygen atoms in total. The zero-order valence-electron chi connectivity index (χ0n) is 14.7. The number of imidazole rings is 1. The van der Waals surface area contributed by atoms with Gasteiger partial charge in [0.15, 0.2) is 5.82 Å². The SMILES string of the molecule is CC(C)CCC(=O)N1CC2CC1CN2C(=O)c1nc2ccccc2[nH]1. The molecule has 0 spiro atoms. The van der Waals surface area contributed by atoms with Crippen LogP contribution < -0.4 is 0 Å². The van der Waals surface area contributed by atoms with Gasteiger partial charge in [0.2, 0.25) is 5.91 Å². The molecule has 2 atom stereocenters. The third-order valence-electron chi connectivity index (χ3n) is 5.35. The quantitative estimate of drug-likeness (QED) is 0.929. The van der Waals surface area contributed by atoms with Crippen LogP contribution in [0.4, 0.5) is 0 Å². The molecular formula is C19H24N4O2. The molecule has 1 aromatic carbocycles. The Morgan fingerprint density at radius 1 is 1.20 bits per heavy atom. The normalized spacial score (nSPS) is 22.4. The average Bonchev–Trinajstić information content (AvgIpc) is 3.31. The van der Waals surface area contributed by atoms with Crippen LogP contribution in [0.2, 0.25) is 0 Å². The van der Waals surface area contributed by atoms with E-state index in [0.29, 0.717) is 31.3 Å². The number of carbonyl (C=O) groups is 2. The fraction of sp³-hybridized carbons (Fsp3) is 0.526. The molecule has 25 heavy (non-hydrogen) atoms. The Bertz CT molecular complexity index is 780. The number of fused-ring (bicyclic) bond motifs is 3. The zero-order chi connectivity index (χ0) is 17.6. The van der Waals surface area contributed by atoms with Crippen molar-refractivity contribution in [2.75, 3.05) is 13.1 Å². The fourth-order valence-electron chi connectivity index (χ4n) is 3.97. The van der Waals surface area contributed by atoms with E-state index in [1.165, 1.54) is 0 Å². The molecule has 1 aromatic heterocycles. The lowest BCUT2D eigenvalue weighted by Crippen LogP contribution is -2.50. The van der Waals surface area contributed by atoms with Crippen LogP contribution in [0.15, 0.2) is 24.3 Å². The molecular weight excluding hydrogens is 316 g/mol. The monoisotopic (exact) mass is 340 g/mol. The first-order valence-corrected chi connectivity index (χ1v) is 9.08. The molecule has 2 bridgehead atoms. The van der Waals surface area contributed by atoms with E-state index in [9.17, 15) is 9.59 Å². The van der Waals surface area contributed by atoms with Crippen molar-refractivity contribution in [1.82, 2.24) is 19.8 Å². The Morgan fingerprint density at radius 3 is 2.60 bits per heavy atom. The van der Waals surface area contributed by atoms with Crippen LogP contribution in [0.1, 0.15) is 43.7 Å². The number of H-pyrrole nitrogens is 1. The number of nitrogens with one attached hydrogen (secondary N) is 1. The summed E-state index contributed by atoms with van der Waals surface area (Å²) < 4.78 is 0. The second-order valence-corrected chi connectivity index (χ2v) is 7.58. The molecule has 2 unspecified atom stereocenters. The topological polar surface area (TPSA) is 69.3 Å². The molecule has 6 heteroatoms. The first-order chi connectivity index (χ1) is 12.0. The van der Waals surface area contributed by atoms with Crippen LogP contribution in [0.3, 0.4) is 0 Å². The summed E-state index contributed by atoms with van der Waals surface area (Å²) in [5.74, 6) is 1.11. The lowest BCUT2D eigenvalue weighted by molar-refractivity contribution is -0.133. The van der Waals surface area contributed by atoms with Gasteiger partial charge in [-0.2, -0.15) is 0 Å². The highest BCUT2D eigenvalue weighted by Gasteiger charge is 2.47. The van der Waals surface area contributed by atoms with Gasteiger partial charge in [0, 0.05) is 19.5 Å². The van der Waals surface area contributed by atoms with Gasteiger partial charge in [-0.3, -0.25) is 9.59 Å². The smallest absolute Gasteiger partial charge is 0.290 e. The molecule has 2 amide bonds. The molecule has 2 aliphatic heterocycles. The summed E-state index contributed by atoms with van der Waals surface area (Å²) in [7, 11) is 0. The number of para-hydroxylation sites is 2. The summed E-state index contributed by atoms with van der Waals surface area (Å²) in [6, 6.07) is 7.94. The number of aromatic amines is 1. The molecule has 1 N–H and O–H groups in total. The van der Waals surface area contributed by atoms with E-state index in [0.717, 1.165) is 23.9 Å². The first-order valence-electron chi connectivity index (χ1n) is 9.08. The highest BCUT2D eigenvalue weighted by molar-refractivity contribution is 5.95. The summed E-state index contributed by atoms with van der Waals surface area (Å²) in [6.07, 6.45) is 2.42. The minimum Gasteiger partial charge on any atom is -0.336 e. The van der Waals surface area contributed by atoms with Crippen LogP contribution >= 0.6 is 0 Å². The van der Waals surface area contributed by atoms with Gasteiger partial charge in [-0.1, -0.05) is 26.0 Å². The van der Waals surface area contributed by atoms with Crippen molar-refractivity contribution in [3.05, 3.63) is 30.1 Å². The van der Waals surface area contributed by atoms with E-state index in [1.54, 1.807) is 0 Å². The van der Waals surface area contributed by atoms with Gasteiger partial charge in [-0.25, -0.2) is 4.98 Å². The second-order valence-electron chi connectivity index (χ2n) is 7.58. The molecule has 2 fully saturated rings. The number of hydrogen-bond acceptors (Lipinski definition) is 3. The fourth-order valence-corrected chi connectivity index (χ4v) is 3.97. The predicted molar refractivity (Wildman–Crippen MR) is 95.1 cm³/mol. The van der Waals surface area contributed by atoms with Gasteiger partial charge in [0.05, 0.1) is 23.1 Å². The third kappa shape index (κ3) is 2.90. The van der Waals surface area contributed by atoms with Crippen molar-refractivity contribution in [1.29, 1.82) is 0 Å². The molecule has 0 saturated carbocycles. The first kappa shape index (κ1) is 16.1. The highest BCUT2D eigenvalue weighted by Crippen LogP contribution is 2.32. The number of carbonyl (C=O) groups excluding carboxylic acids is 2. The summed E-state index contributed by atoms with van der Waals surface area (Å²) in [6.45, 7) is 5.55. The lowest BCUT2D eigenvalue weighted by atomic mass is 10.1. The number of piperazine rings is 1. The van der Waals surface area contributed by atoms with Crippen molar-refractivity contribution in [3.63, 3.8) is 0 Å².